The molecule has 1 aliphatic heterocycles. The number of halogens is 1. The summed E-state index contributed by atoms with van der Waals surface area (Å²) >= 11 is 0. The van der Waals surface area contributed by atoms with Gasteiger partial charge in [-0.15, -0.1) is 0 Å². The van der Waals surface area contributed by atoms with Crippen molar-refractivity contribution in [3.8, 4) is 6.07 Å². The van der Waals surface area contributed by atoms with Gasteiger partial charge in [0, 0.05) is 13.1 Å². The van der Waals surface area contributed by atoms with E-state index in [2.05, 4.69) is 0 Å². The molecule has 0 aromatic heterocycles. The maximum Gasteiger partial charge on any atom is 0.410 e. The lowest BCUT2D eigenvalue weighted by Gasteiger charge is -2.36. The fourth-order valence-corrected chi connectivity index (χ4v) is 3.04. The molecule has 2 unspecified atom stereocenters. The van der Waals surface area contributed by atoms with Crippen LogP contribution in [-0.4, -0.2) is 41.8 Å². The van der Waals surface area contributed by atoms with E-state index in [0.717, 1.165) is 6.42 Å². The molecule has 1 aromatic rings. The first kappa shape index (κ1) is 15.6. The largest absolute Gasteiger partial charge is 0.444 e. The first-order chi connectivity index (χ1) is 10.8. The van der Waals surface area contributed by atoms with E-state index in [0.29, 0.717) is 24.3 Å². The maximum atomic E-state index is 14.2. The number of benzene rings is 1. The molecule has 2 fully saturated rings. The van der Waals surface area contributed by atoms with Gasteiger partial charge in [0.05, 0.1) is 29.4 Å². The average Bonchev–Trinajstić information content (AvgIpc) is 3.24. The fraction of sp³-hybridized carbons (Fsp3) is 0.529. The minimum atomic E-state index is -0.516. The third-order valence-electron chi connectivity index (χ3n) is 4.12. The van der Waals surface area contributed by atoms with Gasteiger partial charge >= 0.3 is 6.09 Å². The summed E-state index contributed by atoms with van der Waals surface area (Å²) in [5.41, 5.74) is 0.295. The van der Waals surface area contributed by atoms with Gasteiger partial charge in [0.15, 0.2) is 0 Å². The van der Waals surface area contributed by atoms with Crippen molar-refractivity contribution < 1.29 is 13.9 Å². The van der Waals surface area contributed by atoms with Crippen LogP contribution in [0, 0.1) is 17.1 Å². The van der Waals surface area contributed by atoms with E-state index in [1.807, 2.05) is 31.7 Å². The molecule has 1 saturated carbocycles. The molecule has 0 spiro atoms. The van der Waals surface area contributed by atoms with E-state index in [-0.39, 0.29) is 24.0 Å². The zero-order valence-electron chi connectivity index (χ0n) is 13.5. The van der Waals surface area contributed by atoms with Crippen LogP contribution < -0.4 is 4.90 Å². The van der Waals surface area contributed by atoms with Crippen molar-refractivity contribution in [1.82, 2.24) is 4.90 Å². The molecule has 6 heteroatoms. The van der Waals surface area contributed by atoms with Gasteiger partial charge in [-0.3, -0.25) is 0 Å². The van der Waals surface area contributed by atoms with Crippen LogP contribution in [-0.2, 0) is 4.74 Å². The van der Waals surface area contributed by atoms with Gasteiger partial charge in [-0.2, -0.15) is 5.26 Å². The number of nitrogens with zero attached hydrogens (tertiary/aromatic N) is 3. The molecular formula is C17H20FN3O2. The predicted molar refractivity (Wildman–Crippen MR) is 83.6 cm³/mol. The van der Waals surface area contributed by atoms with Gasteiger partial charge in [0.2, 0.25) is 0 Å². The minimum Gasteiger partial charge on any atom is -0.444 e. The first-order valence-electron chi connectivity index (χ1n) is 7.76. The van der Waals surface area contributed by atoms with Crippen LogP contribution in [0.3, 0.4) is 0 Å². The Kier molecular flexibility index (Phi) is 3.67. The molecule has 0 radical (unpaired) electrons. The number of ether oxygens (including phenoxy) is 1. The summed E-state index contributed by atoms with van der Waals surface area (Å²) in [6.07, 6.45) is 0.517. The minimum absolute atomic E-state index is 0.0774. The SMILES string of the molecule is CC(C)(C)OC(=O)N1CCN(c2ccc(C#N)cc2F)C2CC21. The van der Waals surface area contributed by atoms with Gasteiger partial charge in [0.25, 0.3) is 0 Å². The number of anilines is 1. The highest BCUT2D eigenvalue weighted by molar-refractivity contribution is 5.70. The van der Waals surface area contributed by atoms with E-state index in [9.17, 15) is 9.18 Å². The monoisotopic (exact) mass is 317 g/mol. The number of amides is 1. The van der Waals surface area contributed by atoms with E-state index in [4.69, 9.17) is 10.00 Å². The molecule has 1 heterocycles. The molecule has 0 N–H and O–H groups in total. The van der Waals surface area contributed by atoms with Crippen molar-refractivity contribution in [2.24, 2.45) is 0 Å². The highest BCUT2D eigenvalue weighted by atomic mass is 19.1. The number of rotatable bonds is 1. The molecule has 122 valence electrons. The number of hydrogen-bond donors (Lipinski definition) is 0. The average molecular weight is 317 g/mol. The summed E-state index contributed by atoms with van der Waals surface area (Å²) in [7, 11) is 0. The number of piperazine rings is 1. The predicted octanol–water partition coefficient (Wildman–Crippen LogP) is 2.90. The molecule has 1 saturated heterocycles. The van der Waals surface area contributed by atoms with Crippen LogP contribution >= 0.6 is 0 Å². The number of fused-ring (bicyclic) bond motifs is 1. The van der Waals surface area contributed by atoms with Crippen molar-refractivity contribution in [2.45, 2.75) is 44.9 Å². The summed E-state index contributed by atoms with van der Waals surface area (Å²) in [5, 5.41) is 8.82. The van der Waals surface area contributed by atoms with E-state index >= 15 is 0 Å². The van der Waals surface area contributed by atoms with Gasteiger partial charge in [-0.1, -0.05) is 0 Å². The van der Waals surface area contributed by atoms with Crippen LogP contribution in [0.5, 0.6) is 0 Å². The molecule has 2 aliphatic rings. The zero-order chi connectivity index (χ0) is 16.8. The summed E-state index contributed by atoms with van der Waals surface area (Å²) < 4.78 is 19.6. The molecule has 1 aliphatic carbocycles. The number of nitriles is 1. The van der Waals surface area contributed by atoms with Crippen molar-refractivity contribution in [3.63, 3.8) is 0 Å². The molecule has 0 bridgehead atoms. The summed E-state index contributed by atoms with van der Waals surface area (Å²) in [5.74, 6) is -0.389. The van der Waals surface area contributed by atoms with E-state index in [1.54, 1.807) is 17.0 Å². The molecule has 2 atom stereocenters. The highest BCUT2D eigenvalue weighted by Crippen LogP contribution is 2.40. The Hall–Kier alpha value is -2.29. The Morgan fingerprint density at radius 1 is 1.35 bits per heavy atom. The molecule has 3 rings (SSSR count). The quantitative estimate of drug-likeness (QED) is 0.799. The standard InChI is InChI=1S/C17H20FN3O2/c1-17(2,3)23-16(22)21-7-6-20(14-9-15(14)21)13-5-4-11(10-19)8-12(13)18/h4-5,8,14-15H,6-7,9H2,1-3H3. The van der Waals surface area contributed by atoms with Crippen LogP contribution in [0.15, 0.2) is 18.2 Å². The van der Waals surface area contributed by atoms with Gasteiger partial charge in [-0.25, -0.2) is 9.18 Å². The normalized spacial score (nSPS) is 23.1. The van der Waals surface area contributed by atoms with Crippen LogP contribution in [0.2, 0.25) is 0 Å². The van der Waals surface area contributed by atoms with Crippen molar-refractivity contribution >= 4 is 11.8 Å². The topological polar surface area (TPSA) is 56.6 Å². The van der Waals surface area contributed by atoms with Crippen molar-refractivity contribution in [2.75, 3.05) is 18.0 Å². The molecular weight excluding hydrogens is 297 g/mol. The summed E-state index contributed by atoms with van der Waals surface area (Å²) in [4.78, 5) is 16.0. The van der Waals surface area contributed by atoms with E-state index < -0.39 is 5.60 Å². The van der Waals surface area contributed by atoms with Gasteiger partial charge < -0.3 is 14.5 Å². The molecule has 5 nitrogen and oxygen atoms in total. The molecule has 23 heavy (non-hydrogen) atoms. The molecule has 1 amide bonds. The van der Waals surface area contributed by atoms with Crippen molar-refractivity contribution in [1.29, 1.82) is 5.26 Å². The second kappa shape index (κ2) is 5.41. The Morgan fingerprint density at radius 2 is 2.09 bits per heavy atom. The smallest absolute Gasteiger partial charge is 0.410 e. The number of carbonyl (C=O) groups excluding carboxylic acids is 1. The van der Waals surface area contributed by atoms with Crippen LogP contribution in [0.4, 0.5) is 14.9 Å². The third kappa shape index (κ3) is 3.09. The Morgan fingerprint density at radius 3 is 2.70 bits per heavy atom. The summed E-state index contributed by atoms with van der Waals surface area (Å²) in [6, 6.07) is 6.66. The second-order valence-corrected chi connectivity index (χ2v) is 7.02. The van der Waals surface area contributed by atoms with Gasteiger partial charge in [-0.05, 0) is 45.4 Å². The number of carbonyl (C=O) groups is 1. The third-order valence-corrected chi connectivity index (χ3v) is 4.12. The lowest BCUT2D eigenvalue weighted by molar-refractivity contribution is 0.0218. The second-order valence-electron chi connectivity index (χ2n) is 7.02. The first-order valence-corrected chi connectivity index (χ1v) is 7.76. The molecule has 1 aromatic carbocycles. The Labute approximate surface area is 135 Å². The Balaban J connectivity index is 1.71. The lowest BCUT2D eigenvalue weighted by atomic mass is 10.2. The van der Waals surface area contributed by atoms with Gasteiger partial charge in [0.1, 0.15) is 11.4 Å². The van der Waals surface area contributed by atoms with E-state index in [1.165, 1.54) is 6.07 Å². The van der Waals surface area contributed by atoms with Crippen LogP contribution in [0.1, 0.15) is 32.8 Å². The number of hydrogen-bond acceptors (Lipinski definition) is 4. The zero-order valence-corrected chi connectivity index (χ0v) is 13.5. The van der Waals surface area contributed by atoms with Crippen molar-refractivity contribution in [3.05, 3.63) is 29.6 Å². The maximum absolute atomic E-state index is 14.2. The summed E-state index contributed by atoms with van der Waals surface area (Å²) in [6.45, 7) is 6.60. The van der Waals surface area contributed by atoms with Crippen LogP contribution in [0.25, 0.3) is 0 Å². The lowest BCUT2D eigenvalue weighted by Crippen LogP contribution is -2.50. The fourth-order valence-electron chi connectivity index (χ4n) is 3.04. The Bertz CT molecular complexity index is 677. The highest BCUT2D eigenvalue weighted by Gasteiger charge is 2.52.